The standard InChI is InChI=1S/C18H29FN2/c1-14(2)18(21-9-4-5-10-21)13-20-15(3)11-16-7-6-8-17(19)12-16/h6-8,12,14-15,18,20H,4-5,9-11,13H2,1-3H3. The van der Waals surface area contributed by atoms with Crippen LogP contribution in [0.1, 0.15) is 39.2 Å². The monoisotopic (exact) mass is 292 g/mol. The molecule has 118 valence electrons. The van der Waals surface area contributed by atoms with Crippen molar-refractivity contribution in [2.24, 2.45) is 5.92 Å². The highest BCUT2D eigenvalue weighted by Crippen LogP contribution is 2.17. The minimum atomic E-state index is -0.142. The van der Waals surface area contributed by atoms with Gasteiger partial charge >= 0.3 is 0 Å². The normalized spacial score (nSPS) is 19.1. The number of hydrogen-bond donors (Lipinski definition) is 1. The van der Waals surface area contributed by atoms with E-state index >= 15 is 0 Å². The van der Waals surface area contributed by atoms with E-state index in [1.54, 1.807) is 12.1 Å². The molecule has 0 aromatic heterocycles. The molecule has 2 atom stereocenters. The average molecular weight is 292 g/mol. The van der Waals surface area contributed by atoms with Gasteiger partial charge in [-0.15, -0.1) is 0 Å². The van der Waals surface area contributed by atoms with Crippen molar-refractivity contribution in [1.82, 2.24) is 10.2 Å². The van der Waals surface area contributed by atoms with Crippen LogP contribution in [0.15, 0.2) is 24.3 Å². The third-order valence-corrected chi connectivity index (χ3v) is 4.49. The largest absolute Gasteiger partial charge is 0.312 e. The minimum absolute atomic E-state index is 0.142. The lowest BCUT2D eigenvalue weighted by Gasteiger charge is -2.32. The maximum absolute atomic E-state index is 13.2. The van der Waals surface area contributed by atoms with Crippen molar-refractivity contribution < 1.29 is 4.39 Å². The van der Waals surface area contributed by atoms with Crippen molar-refractivity contribution in [2.45, 2.75) is 52.1 Å². The molecule has 1 aromatic rings. The van der Waals surface area contributed by atoms with Gasteiger partial charge in [0.25, 0.3) is 0 Å². The molecule has 1 N–H and O–H groups in total. The first kappa shape index (κ1) is 16.4. The SMILES string of the molecule is CC(Cc1cccc(F)c1)NCC(C(C)C)N1CCCC1. The molecule has 1 heterocycles. The second-order valence-corrected chi connectivity index (χ2v) is 6.70. The molecule has 3 heteroatoms. The van der Waals surface area contributed by atoms with Gasteiger partial charge in [0.1, 0.15) is 5.82 Å². The highest BCUT2D eigenvalue weighted by molar-refractivity contribution is 5.17. The summed E-state index contributed by atoms with van der Waals surface area (Å²) in [7, 11) is 0. The van der Waals surface area contributed by atoms with Crippen LogP contribution >= 0.6 is 0 Å². The van der Waals surface area contributed by atoms with Crippen LogP contribution in [0.4, 0.5) is 4.39 Å². The fourth-order valence-electron chi connectivity index (χ4n) is 3.27. The third-order valence-electron chi connectivity index (χ3n) is 4.49. The molecule has 1 aliphatic rings. The van der Waals surface area contributed by atoms with Crippen molar-refractivity contribution in [3.05, 3.63) is 35.6 Å². The van der Waals surface area contributed by atoms with E-state index in [4.69, 9.17) is 0 Å². The first-order valence-corrected chi connectivity index (χ1v) is 8.28. The Bertz CT molecular complexity index is 427. The van der Waals surface area contributed by atoms with Gasteiger partial charge in [-0.1, -0.05) is 26.0 Å². The number of halogens is 1. The maximum Gasteiger partial charge on any atom is 0.123 e. The van der Waals surface area contributed by atoms with Gasteiger partial charge in [-0.3, -0.25) is 4.90 Å². The Labute approximate surface area is 128 Å². The van der Waals surface area contributed by atoms with E-state index in [0.717, 1.165) is 18.5 Å². The number of benzene rings is 1. The molecule has 0 aliphatic carbocycles. The van der Waals surface area contributed by atoms with E-state index < -0.39 is 0 Å². The van der Waals surface area contributed by atoms with Gasteiger partial charge < -0.3 is 5.32 Å². The molecule has 0 saturated carbocycles. The highest BCUT2D eigenvalue weighted by atomic mass is 19.1. The fourth-order valence-corrected chi connectivity index (χ4v) is 3.27. The number of likely N-dealkylation sites (tertiary alicyclic amines) is 1. The number of rotatable bonds is 7. The van der Waals surface area contributed by atoms with Gasteiger partial charge in [0.05, 0.1) is 0 Å². The quantitative estimate of drug-likeness (QED) is 0.828. The lowest BCUT2D eigenvalue weighted by atomic mass is 10.0. The summed E-state index contributed by atoms with van der Waals surface area (Å²) in [4.78, 5) is 2.62. The molecule has 0 amide bonds. The Morgan fingerprint density at radius 3 is 2.52 bits per heavy atom. The van der Waals surface area contributed by atoms with Crippen LogP contribution in [-0.4, -0.2) is 36.6 Å². The van der Waals surface area contributed by atoms with Gasteiger partial charge in [-0.2, -0.15) is 0 Å². The predicted octanol–water partition coefficient (Wildman–Crippen LogP) is 3.47. The van der Waals surface area contributed by atoms with E-state index in [9.17, 15) is 4.39 Å². The fraction of sp³-hybridized carbons (Fsp3) is 0.667. The lowest BCUT2D eigenvalue weighted by Crippen LogP contribution is -2.46. The predicted molar refractivity (Wildman–Crippen MR) is 87.0 cm³/mol. The summed E-state index contributed by atoms with van der Waals surface area (Å²) in [6.45, 7) is 10.3. The zero-order valence-electron chi connectivity index (χ0n) is 13.6. The first-order chi connectivity index (χ1) is 10.1. The second kappa shape index (κ2) is 7.90. The number of hydrogen-bond acceptors (Lipinski definition) is 2. The summed E-state index contributed by atoms with van der Waals surface area (Å²) in [5, 5.41) is 3.64. The molecule has 1 fully saturated rings. The van der Waals surface area contributed by atoms with Crippen molar-refractivity contribution >= 4 is 0 Å². The summed E-state index contributed by atoms with van der Waals surface area (Å²) in [5.41, 5.74) is 1.07. The molecule has 2 unspecified atom stereocenters. The Morgan fingerprint density at radius 1 is 1.19 bits per heavy atom. The van der Waals surface area contributed by atoms with E-state index in [1.807, 2.05) is 6.07 Å². The molecule has 1 saturated heterocycles. The third kappa shape index (κ3) is 5.08. The Hall–Kier alpha value is -0.930. The van der Waals surface area contributed by atoms with Crippen molar-refractivity contribution in [1.29, 1.82) is 0 Å². The lowest BCUT2D eigenvalue weighted by molar-refractivity contribution is 0.183. The summed E-state index contributed by atoms with van der Waals surface area (Å²) >= 11 is 0. The summed E-state index contributed by atoms with van der Waals surface area (Å²) in [5.74, 6) is 0.522. The van der Waals surface area contributed by atoms with E-state index in [0.29, 0.717) is 18.0 Å². The summed E-state index contributed by atoms with van der Waals surface area (Å²) in [6, 6.07) is 7.92. The maximum atomic E-state index is 13.2. The first-order valence-electron chi connectivity index (χ1n) is 8.28. The van der Waals surface area contributed by atoms with Gasteiger partial charge in [0, 0.05) is 18.6 Å². The van der Waals surface area contributed by atoms with Crippen molar-refractivity contribution in [2.75, 3.05) is 19.6 Å². The van der Waals surface area contributed by atoms with Crippen molar-refractivity contribution in [3.8, 4) is 0 Å². The molecule has 2 rings (SSSR count). The molecular weight excluding hydrogens is 263 g/mol. The molecule has 1 aliphatic heterocycles. The molecule has 2 nitrogen and oxygen atoms in total. The van der Waals surface area contributed by atoms with Crippen LogP contribution in [0.5, 0.6) is 0 Å². The number of nitrogens with zero attached hydrogens (tertiary/aromatic N) is 1. The van der Waals surface area contributed by atoms with Crippen LogP contribution in [-0.2, 0) is 6.42 Å². The van der Waals surface area contributed by atoms with Crippen molar-refractivity contribution in [3.63, 3.8) is 0 Å². The smallest absolute Gasteiger partial charge is 0.123 e. The zero-order valence-corrected chi connectivity index (χ0v) is 13.6. The Morgan fingerprint density at radius 2 is 1.90 bits per heavy atom. The Kier molecular flexibility index (Phi) is 6.19. The summed E-state index contributed by atoms with van der Waals surface area (Å²) in [6.07, 6.45) is 3.55. The van der Waals surface area contributed by atoms with Crippen LogP contribution in [0.25, 0.3) is 0 Å². The van der Waals surface area contributed by atoms with Gasteiger partial charge in [0.15, 0.2) is 0 Å². The average Bonchev–Trinajstić information content (AvgIpc) is 2.92. The molecule has 1 aromatic carbocycles. The van der Waals surface area contributed by atoms with Gasteiger partial charge in [-0.05, 0) is 62.9 Å². The van der Waals surface area contributed by atoms with Crippen LogP contribution in [0.3, 0.4) is 0 Å². The molecule has 0 radical (unpaired) electrons. The van der Waals surface area contributed by atoms with E-state index in [2.05, 4.69) is 31.0 Å². The molecule has 0 bridgehead atoms. The van der Waals surface area contributed by atoms with E-state index in [1.165, 1.54) is 32.0 Å². The number of nitrogens with one attached hydrogen (secondary N) is 1. The van der Waals surface area contributed by atoms with Crippen LogP contribution in [0, 0.1) is 11.7 Å². The molecule has 0 spiro atoms. The zero-order chi connectivity index (χ0) is 15.2. The van der Waals surface area contributed by atoms with Crippen LogP contribution in [0.2, 0.25) is 0 Å². The Balaban J connectivity index is 1.82. The highest BCUT2D eigenvalue weighted by Gasteiger charge is 2.24. The second-order valence-electron chi connectivity index (χ2n) is 6.70. The molecular formula is C18H29FN2. The van der Waals surface area contributed by atoms with Crippen LogP contribution < -0.4 is 5.32 Å². The van der Waals surface area contributed by atoms with Gasteiger partial charge in [-0.25, -0.2) is 4.39 Å². The topological polar surface area (TPSA) is 15.3 Å². The minimum Gasteiger partial charge on any atom is -0.312 e. The summed E-state index contributed by atoms with van der Waals surface area (Å²) < 4.78 is 13.2. The van der Waals surface area contributed by atoms with E-state index in [-0.39, 0.29) is 5.82 Å². The van der Waals surface area contributed by atoms with Gasteiger partial charge in [0.2, 0.25) is 0 Å². The molecule has 21 heavy (non-hydrogen) atoms.